The van der Waals surface area contributed by atoms with Gasteiger partial charge in [-0.1, -0.05) is 0 Å². The Morgan fingerprint density at radius 2 is 2.11 bits per heavy atom. The van der Waals surface area contributed by atoms with Crippen LogP contribution in [-0.4, -0.2) is 12.0 Å². The number of pyridine rings is 1. The van der Waals surface area contributed by atoms with Gasteiger partial charge in [0.2, 0.25) is 0 Å². The van der Waals surface area contributed by atoms with Crippen LogP contribution in [0.15, 0.2) is 27.4 Å². The molecule has 0 radical (unpaired) electrons. The summed E-state index contributed by atoms with van der Waals surface area (Å²) >= 11 is 11.1. The van der Waals surface area contributed by atoms with Crippen molar-refractivity contribution in [3.05, 3.63) is 44.2 Å². The molecule has 0 bridgehead atoms. The first-order valence-electron chi connectivity index (χ1n) is 5.56. The van der Waals surface area contributed by atoms with Crippen LogP contribution >= 0.6 is 38.9 Å². The molecule has 0 unspecified atom stereocenters. The van der Waals surface area contributed by atoms with E-state index in [1.807, 2.05) is 26.1 Å². The summed E-state index contributed by atoms with van der Waals surface area (Å²) in [5.74, 6) is 1.49. The Morgan fingerprint density at radius 3 is 2.72 bits per heavy atom. The molecule has 0 fully saturated rings. The highest BCUT2D eigenvalue weighted by Gasteiger charge is 2.07. The molecule has 5 heteroatoms. The van der Waals surface area contributed by atoms with E-state index in [0.717, 1.165) is 27.4 Å². The Bertz CT molecular complexity index is 542. The third kappa shape index (κ3) is 3.46. The number of hydrogen-bond acceptors (Lipinski definition) is 3. The number of thiophene rings is 1. The zero-order valence-corrected chi connectivity index (χ0v) is 13.4. The first-order valence-corrected chi connectivity index (χ1v) is 7.77. The normalized spacial score (nSPS) is 10.7. The van der Waals surface area contributed by atoms with Crippen LogP contribution in [-0.2, 0) is 12.4 Å². The number of anilines is 1. The molecule has 0 N–H and O–H groups in total. The highest BCUT2D eigenvalue weighted by molar-refractivity contribution is 9.11. The highest BCUT2D eigenvalue weighted by Crippen LogP contribution is 2.23. The van der Waals surface area contributed by atoms with E-state index in [4.69, 9.17) is 11.6 Å². The molecule has 0 saturated heterocycles. The van der Waals surface area contributed by atoms with Crippen molar-refractivity contribution in [2.24, 2.45) is 0 Å². The molecule has 0 spiro atoms. The summed E-state index contributed by atoms with van der Waals surface area (Å²) in [6.07, 6.45) is 0. The molecular weight excluding hydrogens is 332 g/mol. The molecule has 0 aliphatic carbocycles. The minimum absolute atomic E-state index is 0.522. The number of aryl methyl sites for hydroxylation is 1. The van der Waals surface area contributed by atoms with Gasteiger partial charge in [-0.2, -0.15) is 0 Å². The van der Waals surface area contributed by atoms with Gasteiger partial charge in [0.15, 0.2) is 0 Å². The minimum atomic E-state index is 0.522. The Morgan fingerprint density at radius 1 is 1.33 bits per heavy atom. The summed E-state index contributed by atoms with van der Waals surface area (Å²) in [5, 5.41) is 2.15. The molecular formula is C13H14BrClN2S. The van der Waals surface area contributed by atoms with Gasteiger partial charge in [-0.15, -0.1) is 22.9 Å². The summed E-state index contributed by atoms with van der Waals surface area (Å²) in [5.41, 5.74) is 3.39. The zero-order valence-electron chi connectivity index (χ0n) is 10.3. The van der Waals surface area contributed by atoms with Crippen molar-refractivity contribution in [1.29, 1.82) is 0 Å². The smallest absolute Gasteiger partial charge is 0.129 e. The zero-order chi connectivity index (χ0) is 13.1. The Kier molecular flexibility index (Phi) is 4.65. The fourth-order valence-electron chi connectivity index (χ4n) is 1.78. The summed E-state index contributed by atoms with van der Waals surface area (Å²) in [6, 6.07) is 6.20. The van der Waals surface area contributed by atoms with Crippen LogP contribution in [0.5, 0.6) is 0 Å². The molecule has 2 heterocycles. The van der Waals surface area contributed by atoms with E-state index in [1.54, 1.807) is 11.3 Å². The van der Waals surface area contributed by atoms with E-state index in [9.17, 15) is 0 Å². The molecule has 0 aromatic carbocycles. The van der Waals surface area contributed by atoms with Crippen molar-refractivity contribution in [2.45, 2.75) is 19.3 Å². The van der Waals surface area contributed by atoms with E-state index in [-0.39, 0.29) is 0 Å². The number of nitrogens with zero attached hydrogens (tertiary/aromatic N) is 2. The molecule has 0 aliphatic rings. The molecule has 0 amide bonds. The third-order valence-corrected chi connectivity index (χ3v) is 4.45. The molecule has 0 aliphatic heterocycles. The van der Waals surface area contributed by atoms with Crippen LogP contribution in [0, 0.1) is 6.92 Å². The van der Waals surface area contributed by atoms with Gasteiger partial charge in [0.1, 0.15) is 5.82 Å². The van der Waals surface area contributed by atoms with Gasteiger partial charge in [0, 0.05) is 25.2 Å². The van der Waals surface area contributed by atoms with E-state index in [1.165, 1.54) is 5.56 Å². The third-order valence-electron chi connectivity index (χ3n) is 2.59. The Balaban J connectivity index is 2.17. The van der Waals surface area contributed by atoms with E-state index in [0.29, 0.717) is 5.88 Å². The van der Waals surface area contributed by atoms with Crippen LogP contribution in [0.2, 0.25) is 0 Å². The van der Waals surface area contributed by atoms with Gasteiger partial charge in [-0.05, 0) is 57.6 Å². The second-order valence-electron chi connectivity index (χ2n) is 4.22. The minimum Gasteiger partial charge on any atom is -0.355 e. The predicted molar refractivity (Wildman–Crippen MR) is 82.7 cm³/mol. The monoisotopic (exact) mass is 344 g/mol. The van der Waals surface area contributed by atoms with E-state index >= 15 is 0 Å². The van der Waals surface area contributed by atoms with Gasteiger partial charge in [0.05, 0.1) is 3.79 Å². The summed E-state index contributed by atoms with van der Waals surface area (Å²) < 4.78 is 1.16. The van der Waals surface area contributed by atoms with Crippen molar-refractivity contribution in [3.63, 3.8) is 0 Å². The maximum Gasteiger partial charge on any atom is 0.129 e. The fraction of sp³-hybridized carbons (Fsp3) is 0.308. The molecule has 0 saturated carbocycles. The van der Waals surface area contributed by atoms with E-state index < -0.39 is 0 Å². The lowest BCUT2D eigenvalue weighted by atomic mass is 10.2. The van der Waals surface area contributed by atoms with Crippen molar-refractivity contribution >= 4 is 44.7 Å². The summed E-state index contributed by atoms with van der Waals surface area (Å²) in [7, 11) is 2.05. The molecule has 96 valence electrons. The average Bonchev–Trinajstić information content (AvgIpc) is 2.73. The molecule has 2 aromatic rings. The highest BCUT2D eigenvalue weighted by atomic mass is 79.9. The molecule has 0 atom stereocenters. The number of aromatic nitrogens is 1. The average molecular weight is 346 g/mol. The van der Waals surface area contributed by atoms with Crippen LogP contribution in [0.4, 0.5) is 5.82 Å². The fourth-order valence-corrected chi connectivity index (χ4v) is 3.13. The lowest BCUT2D eigenvalue weighted by Gasteiger charge is -2.18. The van der Waals surface area contributed by atoms with Crippen LogP contribution in [0.25, 0.3) is 0 Å². The quantitative estimate of drug-likeness (QED) is 0.753. The van der Waals surface area contributed by atoms with Crippen LogP contribution in [0.3, 0.4) is 0 Å². The van der Waals surface area contributed by atoms with Gasteiger partial charge in [-0.25, -0.2) is 4.98 Å². The second kappa shape index (κ2) is 6.04. The van der Waals surface area contributed by atoms with Crippen molar-refractivity contribution in [2.75, 3.05) is 11.9 Å². The molecule has 2 aromatic heterocycles. The topological polar surface area (TPSA) is 16.1 Å². The maximum absolute atomic E-state index is 5.89. The van der Waals surface area contributed by atoms with Gasteiger partial charge in [0.25, 0.3) is 0 Å². The number of rotatable bonds is 4. The first kappa shape index (κ1) is 13.8. The van der Waals surface area contributed by atoms with Gasteiger partial charge < -0.3 is 4.90 Å². The predicted octanol–water partition coefficient (Wildman–Crippen LogP) is 4.59. The van der Waals surface area contributed by atoms with Gasteiger partial charge >= 0.3 is 0 Å². The molecule has 2 nitrogen and oxygen atoms in total. The molecule has 2 rings (SSSR count). The van der Waals surface area contributed by atoms with Crippen molar-refractivity contribution in [1.82, 2.24) is 4.98 Å². The number of halogens is 2. The molecule has 18 heavy (non-hydrogen) atoms. The standard InChI is InChI=1S/C13H14BrClN2S/c1-9-3-10(6-15)5-13(16-9)17(2)7-11-4-12(14)18-8-11/h3-5,8H,6-7H2,1-2H3. The van der Waals surface area contributed by atoms with E-state index in [2.05, 4.69) is 37.3 Å². The van der Waals surface area contributed by atoms with Crippen LogP contribution < -0.4 is 4.90 Å². The van der Waals surface area contributed by atoms with Crippen molar-refractivity contribution < 1.29 is 0 Å². The Hall–Kier alpha value is -0.580. The summed E-state index contributed by atoms with van der Waals surface area (Å²) in [4.78, 5) is 6.68. The number of hydrogen-bond donors (Lipinski definition) is 0. The SMILES string of the molecule is Cc1cc(CCl)cc(N(C)Cc2csc(Br)c2)n1. The number of alkyl halides is 1. The van der Waals surface area contributed by atoms with Gasteiger partial charge in [-0.3, -0.25) is 0 Å². The first-order chi connectivity index (χ1) is 8.58. The lowest BCUT2D eigenvalue weighted by Crippen LogP contribution is -2.17. The Labute approximate surface area is 125 Å². The van der Waals surface area contributed by atoms with Crippen LogP contribution in [0.1, 0.15) is 16.8 Å². The lowest BCUT2D eigenvalue weighted by molar-refractivity contribution is 0.893. The largest absolute Gasteiger partial charge is 0.355 e. The van der Waals surface area contributed by atoms with Crippen molar-refractivity contribution in [3.8, 4) is 0 Å². The maximum atomic E-state index is 5.89. The summed E-state index contributed by atoms with van der Waals surface area (Å²) in [6.45, 7) is 2.84. The second-order valence-corrected chi connectivity index (χ2v) is 6.78.